The smallest absolute Gasteiger partial charge is 0.204 e. The van der Waals surface area contributed by atoms with Crippen molar-refractivity contribution in [1.29, 1.82) is 0 Å². The van der Waals surface area contributed by atoms with Gasteiger partial charge in [0.05, 0.1) is 12.8 Å². The van der Waals surface area contributed by atoms with Crippen LogP contribution < -0.4 is 4.74 Å². The second-order valence-corrected chi connectivity index (χ2v) is 4.77. The number of ketones is 1. The largest absolute Gasteiger partial charge is 0.494 e. The van der Waals surface area contributed by atoms with Crippen LogP contribution in [0.15, 0.2) is 53.7 Å². The number of hydrogen-bond acceptors (Lipinski definition) is 4. The van der Waals surface area contributed by atoms with E-state index in [1.165, 1.54) is 6.08 Å². The molecule has 1 aliphatic rings. The number of aliphatic imine (C=N–C) groups is 1. The van der Waals surface area contributed by atoms with Gasteiger partial charge in [-0.05, 0) is 48.9 Å². The molecule has 5 heteroatoms. The fraction of sp³-hybridized carbons (Fsp3) is 0.118. The van der Waals surface area contributed by atoms with E-state index in [1.807, 2.05) is 31.2 Å². The summed E-state index contributed by atoms with van der Waals surface area (Å²) in [7, 11) is 1.62. The Morgan fingerprint density at radius 3 is 2.77 bits per heavy atom. The van der Waals surface area contributed by atoms with E-state index in [4.69, 9.17) is 4.74 Å². The number of fused-ring (bicyclic) bond motifs is 1. The predicted octanol–water partition coefficient (Wildman–Crippen LogP) is 3.27. The molecule has 4 nitrogen and oxygen atoms in total. The molecule has 22 heavy (non-hydrogen) atoms. The summed E-state index contributed by atoms with van der Waals surface area (Å²) in [5.41, 5.74) is 3.72. The van der Waals surface area contributed by atoms with Crippen molar-refractivity contribution in [1.82, 2.24) is 4.98 Å². The van der Waals surface area contributed by atoms with Gasteiger partial charge in [0.1, 0.15) is 17.1 Å². The molecule has 0 spiro atoms. The first-order valence-corrected chi connectivity index (χ1v) is 6.60. The second kappa shape index (κ2) is 6.67. The maximum atomic E-state index is 11.8. The Labute approximate surface area is 138 Å². The zero-order valence-electron chi connectivity index (χ0n) is 12.1. The number of pyridine rings is 1. The van der Waals surface area contributed by atoms with Gasteiger partial charge in [0.15, 0.2) is 0 Å². The maximum Gasteiger partial charge on any atom is 0.204 e. The topological polar surface area (TPSA) is 51.5 Å². The molecule has 0 atom stereocenters. The van der Waals surface area contributed by atoms with Crippen molar-refractivity contribution in [2.45, 2.75) is 6.92 Å². The molecule has 0 N–H and O–H groups in total. The zero-order valence-corrected chi connectivity index (χ0v) is 13.1. The van der Waals surface area contributed by atoms with Crippen LogP contribution in [-0.4, -0.2) is 23.6 Å². The third-order valence-corrected chi connectivity index (χ3v) is 3.29. The number of ether oxygens (including phenoxy) is 1. The van der Waals surface area contributed by atoms with Crippen molar-refractivity contribution in [3.63, 3.8) is 0 Å². The van der Waals surface area contributed by atoms with Gasteiger partial charge in [0, 0.05) is 28.3 Å². The summed E-state index contributed by atoms with van der Waals surface area (Å²) >= 11 is 0. The van der Waals surface area contributed by atoms with Gasteiger partial charge in [-0.2, -0.15) is 0 Å². The third-order valence-electron chi connectivity index (χ3n) is 3.29. The molecule has 1 aromatic carbocycles. The van der Waals surface area contributed by atoms with E-state index < -0.39 is 0 Å². The van der Waals surface area contributed by atoms with E-state index in [0.717, 1.165) is 16.8 Å². The molecule has 0 saturated carbocycles. The van der Waals surface area contributed by atoms with Crippen LogP contribution in [0.25, 0.3) is 0 Å². The Balaban J connectivity index is 0.00000176. The summed E-state index contributed by atoms with van der Waals surface area (Å²) in [6, 6.07) is 9.46. The van der Waals surface area contributed by atoms with Crippen molar-refractivity contribution in [2.24, 2.45) is 4.99 Å². The van der Waals surface area contributed by atoms with Crippen molar-refractivity contribution in [2.75, 3.05) is 7.11 Å². The van der Waals surface area contributed by atoms with Gasteiger partial charge in [-0.25, -0.2) is 4.99 Å². The summed E-state index contributed by atoms with van der Waals surface area (Å²) in [5, 5.41) is 0. The molecular weight excluding hydrogens is 323 g/mol. The molecule has 1 aromatic heterocycles. The first kappa shape index (κ1) is 16.1. The molecule has 0 radical (unpaired) electrons. The molecule has 0 aliphatic heterocycles. The molecule has 0 fully saturated rings. The fourth-order valence-corrected chi connectivity index (χ4v) is 2.24. The van der Waals surface area contributed by atoms with Crippen molar-refractivity contribution in [3.05, 3.63) is 65.5 Å². The molecule has 0 bridgehead atoms. The van der Waals surface area contributed by atoms with Gasteiger partial charge in [0.2, 0.25) is 5.78 Å². The molecule has 3 rings (SSSR count). The molecule has 2 aromatic rings. The standard InChI is InChI=1S/C17H14N2O2.Ni/c1-11-5-6-14(16(10-11)21-2)19-13-7-8-15(20)17-12(13)4-3-9-18-17;/h3-10H,1-2H3;. The quantitative estimate of drug-likeness (QED) is 0.791. The van der Waals surface area contributed by atoms with Crippen LogP contribution in [0.5, 0.6) is 5.75 Å². The third kappa shape index (κ3) is 3.00. The molecule has 1 aliphatic carbocycles. The van der Waals surface area contributed by atoms with Gasteiger partial charge in [0.25, 0.3) is 0 Å². The molecule has 0 unspecified atom stereocenters. The Morgan fingerprint density at radius 1 is 1.18 bits per heavy atom. The minimum atomic E-state index is -0.0968. The van der Waals surface area contributed by atoms with Gasteiger partial charge in [-0.1, -0.05) is 6.07 Å². The summed E-state index contributed by atoms with van der Waals surface area (Å²) in [4.78, 5) is 20.6. The monoisotopic (exact) mass is 336 g/mol. The van der Waals surface area contributed by atoms with E-state index in [-0.39, 0.29) is 22.3 Å². The molecule has 1 heterocycles. The van der Waals surface area contributed by atoms with Gasteiger partial charge in [-0.15, -0.1) is 0 Å². The summed E-state index contributed by atoms with van der Waals surface area (Å²) in [5.74, 6) is 0.610. The average molecular weight is 337 g/mol. The number of aryl methyl sites for hydroxylation is 1. The van der Waals surface area contributed by atoms with Crippen LogP contribution in [0.1, 0.15) is 21.6 Å². The van der Waals surface area contributed by atoms with Crippen LogP contribution in [0.3, 0.4) is 0 Å². The number of allylic oxidation sites excluding steroid dienone is 2. The Kier molecular flexibility index (Phi) is 4.89. The normalized spacial score (nSPS) is 14.5. The summed E-state index contributed by atoms with van der Waals surface area (Å²) in [6.07, 6.45) is 4.82. The van der Waals surface area contributed by atoms with Crippen molar-refractivity contribution in [3.8, 4) is 5.75 Å². The van der Waals surface area contributed by atoms with E-state index in [9.17, 15) is 4.79 Å². The van der Waals surface area contributed by atoms with E-state index in [1.54, 1.807) is 25.4 Å². The van der Waals surface area contributed by atoms with Crippen LogP contribution in [0, 0.1) is 6.92 Å². The number of rotatable bonds is 2. The molecule has 114 valence electrons. The molecular formula is C17H14N2NiO2. The van der Waals surface area contributed by atoms with Gasteiger partial charge in [-0.3, -0.25) is 9.78 Å². The van der Waals surface area contributed by atoms with Crippen molar-refractivity contribution < 1.29 is 26.0 Å². The van der Waals surface area contributed by atoms with E-state index >= 15 is 0 Å². The number of methoxy groups -OCH3 is 1. The first-order chi connectivity index (χ1) is 10.2. The van der Waals surface area contributed by atoms with Gasteiger partial charge >= 0.3 is 0 Å². The van der Waals surface area contributed by atoms with Crippen molar-refractivity contribution >= 4 is 17.2 Å². The van der Waals surface area contributed by atoms with E-state index in [2.05, 4.69) is 9.98 Å². The average Bonchev–Trinajstić information content (AvgIpc) is 2.52. The summed E-state index contributed by atoms with van der Waals surface area (Å²) < 4.78 is 5.36. The first-order valence-electron chi connectivity index (χ1n) is 6.60. The number of carbonyl (C=O) groups excluding carboxylic acids is 1. The number of nitrogens with zero attached hydrogens (tertiary/aromatic N) is 2. The minimum absolute atomic E-state index is 0. The Hall–Kier alpha value is -2.26. The molecule has 0 amide bonds. The SMILES string of the molecule is COc1cc(C)ccc1N=C1C=CC(=O)c2ncccc21.[Ni]. The van der Waals surface area contributed by atoms with E-state index in [0.29, 0.717) is 17.2 Å². The van der Waals surface area contributed by atoms with Crippen LogP contribution in [-0.2, 0) is 16.5 Å². The predicted molar refractivity (Wildman–Crippen MR) is 81.6 cm³/mol. The zero-order chi connectivity index (χ0) is 14.8. The second-order valence-electron chi connectivity index (χ2n) is 4.77. The Bertz CT molecular complexity index is 782. The fourth-order valence-electron chi connectivity index (χ4n) is 2.24. The number of aromatic nitrogens is 1. The Morgan fingerprint density at radius 2 is 2.00 bits per heavy atom. The number of carbonyl (C=O) groups is 1. The minimum Gasteiger partial charge on any atom is -0.494 e. The number of benzene rings is 1. The summed E-state index contributed by atoms with van der Waals surface area (Å²) in [6.45, 7) is 2.00. The van der Waals surface area contributed by atoms with Crippen LogP contribution in [0.2, 0.25) is 0 Å². The maximum absolute atomic E-state index is 11.8. The number of hydrogen-bond donors (Lipinski definition) is 0. The van der Waals surface area contributed by atoms with Gasteiger partial charge < -0.3 is 4.74 Å². The van der Waals surface area contributed by atoms with Crippen LogP contribution >= 0.6 is 0 Å². The van der Waals surface area contributed by atoms with Crippen LogP contribution in [0.4, 0.5) is 5.69 Å². The molecule has 0 saturated heterocycles.